The topological polar surface area (TPSA) is 71.4 Å². The Hall–Kier alpha value is -2.80. The highest BCUT2D eigenvalue weighted by atomic mass is 16.6. The van der Waals surface area contributed by atoms with E-state index in [1.54, 1.807) is 6.07 Å². The second-order valence-electron chi connectivity index (χ2n) is 4.66. The Bertz CT molecular complexity index is 716. The number of para-hydroxylation sites is 1. The van der Waals surface area contributed by atoms with E-state index in [1.165, 1.54) is 0 Å². The van der Waals surface area contributed by atoms with Gasteiger partial charge >= 0.3 is 0 Å². The number of nitrogen functional groups attached to an aromatic ring is 1. The zero-order valence-electron chi connectivity index (χ0n) is 10.8. The molecule has 20 heavy (non-hydrogen) atoms. The first-order chi connectivity index (χ1) is 9.78. The van der Waals surface area contributed by atoms with Crippen LogP contribution in [0.15, 0.2) is 53.7 Å². The summed E-state index contributed by atoms with van der Waals surface area (Å²) in [5.74, 6) is 0. The quantitative estimate of drug-likeness (QED) is 0.846. The van der Waals surface area contributed by atoms with Crippen molar-refractivity contribution in [3.05, 3.63) is 65.2 Å². The second-order valence-corrected chi connectivity index (χ2v) is 4.66. The first-order valence-corrected chi connectivity index (χ1v) is 6.35. The van der Waals surface area contributed by atoms with E-state index in [0.717, 1.165) is 16.8 Å². The molecule has 2 aromatic rings. The molecule has 98 valence electrons. The average molecular weight is 263 g/mol. The van der Waals surface area contributed by atoms with Crippen LogP contribution in [0.1, 0.15) is 29.2 Å². The fourth-order valence-corrected chi connectivity index (χ4v) is 2.28. The van der Waals surface area contributed by atoms with Crippen molar-refractivity contribution in [2.45, 2.75) is 12.5 Å². The maximum atomic E-state index is 8.94. The molecule has 3 rings (SSSR count). The van der Waals surface area contributed by atoms with E-state index in [-0.39, 0.29) is 6.10 Å². The van der Waals surface area contributed by atoms with Gasteiger partial charge in [-0.25, -0.2) is 0 Å². The van der Waals surface area contributed by atoms with Gasteiger partial charge in [0.05, 0.1) is 17.3 Å². The molecule has 1 aliphatic rings. The Balaban J connectivity index is 1.83. The summed E-state index contributed by atoms with van der Waals surface area (Å²) in [7, 11) is 0. The molecule has 0 aromatic heterocycles. The number of oxime groups is 1. The van der Waals surface area contributed by atoms with Gasteiger partial charge < -0.3 is 10.6 Å². The van der Waals surface area contributed by atoms with Gasteiger partial charge in [-0.15, -0.1) is 0 Å². The molecule has 0 saturated carbocycles. The number of anilines is 1. The van der Waals surface area contributed by atoms with Crippen LogP contribution in [0, 0.1) is 11.3 Å². The molecule has 0 saturated heterocycles. The summed E-state index contributed by atoms with van der Waals surface area (Å²) >= 11 is 0. The Morgan fingerprint density at radius 3 is 2.85 bits per heavy atom. The van der Waals surface area contributed by atoms with Gasteiger partial charge in [-0.3, -0.25) is 0 Å². The summed E-state index contributed by atoms with van der Waals surface area (Å²) in [6.45, 7) is 0. The molecule has 1 unspecified atom stereocenters. The van der Waals surface area contributed by atoms with Crippen LogP contribution in [0.5, 0.6) is 0 Å². The van der Waals surface area contributed by atoms with Crippen LogP contribution >= 0.6 is 0 Å². The molecule has 2 aromatic carbocycles. The first-order valence-electron chi connectivity index (χ1n) is 6.35. The lowest BCUT2D eigenvalue weighted by atomic mass is 9.98. The summed E-state index contributed by atoms with van der Waals surface area (Å²) < 4.78 is 0. The largest absolute Gasteiger partial charge is 0.398 e. The summed E-state index contributed by atoms with van der Waals surface area (Å²) in [6.07, 6.45) is 0.501. The third-order valence-corrected chi connectivity index (χ3v) is 3.33. The summed E-state index contributed by atoms with van der Waals surface area (Å²) in [4.78, 5) is 5.48. The van der Waals surface area contributed by atoms with Crippen molar-refractivity contribution < 1.29 is 4.84 Å². The number of benzene rings is 2. The SMILES string of the molecule is N#Cc1cccc(C2CC(c3ccccc3N)=NO2)c1. The number of nitrogens with two attached hydrogens (primary N) is 1. The van der Waals surface area contributed by atoms with Gasteiger partial charge in [-0.1, -0.05) is 35.5 Å². The molecule has 2 N–H and O–H groups in total. The van der Waals surface area contributed by atoms with Crippen LogP contribution in [0.4, 0.5) is 5.69 Å². The molecule has 4 nitrogen and oxygen atoms in total. The summed E-state index contributed by atoms with van der Waals surface area (Å²) in [6, 6.07) is 17.1. The minimum atomic E-state index is -0.155. The molecule has 4 heteroatoms. The number of hydrogen-bond donors (Lipinski definition) is 1. The molecule has 1 atom stereocenters. The summed E-state index contributed by atoms with van der Waals surface area (Å²) in [5, 5.41) is 13.1. The standard InChI is InChI=1S/C16H13N3O/c17-10-11-4-3-5-12(8-11)16-9-15(19-20-16)13-6-1-2-7-14(13)18/h1-8,16H,9,18H2. The van der Waals surface area contributed by atoms with Crippen LogP contribution in [-0.2, 0) is 4.84 Å². The molecular formula is C16H13N3O. The Kier molecular flexibility index (Phi) is 3.10. The Morgan fingerprint density at radius 1 is 1.20 bits per heavy atom. The highest BCUT2D eigenvalue weighted by Crippen LogP contribution is 2.31. The van der Waals surface area contributed by atoms with Crippen LogP contribution in [-0.4, -0.2) is 5.71 Å². The lowest BCUT2D eigenvalue weighted by Gasteiger charge is -2.08. The lowest BCUT2D eigenvalue weighted by molar-refractivity contribution is 0.0857. The van der Waals surface area contributed by atoms with E-state index in [1.807, 2.05) is 42.5 Å². The van der Waals surface area contributed by atoms with Gasteiger partial charge in [0.25, 0.3) is 0 Å². The van der Waals surface area contributed by atoms with Crippen molar-refractivity contribution in [2.75, 3.05) is 5.73 Å². The molecular weight excluding hydrogens is 250 g/mol. The van der Waals surface area contributed by atoms with Crippen molar-refractivity contribution in [2.24, 2.45) is 5.16 Å². The van der Waals surface area contributed by atoms with E-state index >= 15 is 0 Å². The first kappa shape index (κ1) is 12.2. The van der Waals surface area contributed by atoms with E-state index in [2.05, 4.69) is 11.2 Å². The molecule has 1 aliphatic heterocycles. The van der Waals surface area contributed by atoms with Gasteiger partial charge in [-0.2, -0.15) is 5.26 Å². The molecule has 1 heterocycles. The smallest absolute Gasteiger partial charge is 0.158 e. The zero-order valence-corrected chi connectivity index (χ0v) is 10.8. The van der Waals surface area contributed by atoms with Crippen LogP contribution in [0.3, 0.4) is 0 Å². The van der Waals surface area contributed by atoms with Gasteiger partial charge in [0.1, 0.15) is 0 Å². The highest BCUT2D eigenvalue weighted by molar-refractivity contribution is 6.05. The van der Waals surface area contributed by atoms with E-state index in [0.29, 0.717) is 17.7 Å². The predicted octanol–water partition coefficient (Wildman–Crippen LogP) is 3.01. The second kappa shape index (κ2) is 5.06. The fraction of sp³-hybridized carbons (Fsp3) is 0.125. The minimum absolute atomic E-state index is 0.155. The predicted molar refractivity (Wildman–Crippen MR) is 77.0 cm³/mol. The third-order valence-electron chi connectivity index (χ3n) is 3.33. The monoisotopic (exact) mass is 263 g/mol. The number of hydrogen-bond acceptors (Lipinski definition) is 4. The van der Waals surface area contributed by atoms with Crippen LogP contribution in [0.25, 0.3) is 0 Å². The lowest BCUT2D eigenvalue weighted by Crippen LogP contribution is -2.04. The van der Waals surface area contributed by atoms with Gasteiger partial charge in [0, 0.05) is 17.7 Å². The van der Waals surface area contributed by atoms with E-state index < -0.39 is 0 Å². The maximum absolute atomic E-state index is 8.94. The van der Waals surface area contributed by atoms with Gasteiger partial charge in [0.15, 0.2) is 6.10 Å². The van der Waals surface area contributed by atoms with Crippen molar-refractivity contribution >= 4 is 11.4 Å². The van der Waals surface area contributed by atoms with E-state index in [9.17, 15) is 0 Å². The fourth-order valence-electron chi connectivity index (χ4n) is 2.28. The molecule has 0 radical (unpaired) electrons. The normalized spacial score (nSPS) is 17.1. The molecule has 0 bridgehead atoms. The van der Waals surface area contributed by atoms with Crippen molar-refractivity contribution in [3.8, 4) is 6.07 Å². The molecule has 0 fully saturated rings. The van der Waals surface area contributed by atoms with Crippen molar-refractivity contribution in [1.29, 1.82) is 5.26 Å². The molecule has 0 amide bonds. The van der Waals surface area contributed by atoms with Crippen molar-refractivity contribution in [1.82, 2.24) is 0 Å². The highest BCUT2D eigenvalue weighted by Gasteiger charge is 2.24. The van der Waals surface area contributed by atoms with Crippen LogP contribution in [0.2, 0.25) is 0 Å². The number of nitriles is 1. The van der Waals surface area contributed by atoms with Gasteiger partial charge in [-0.05, 0) is 23.8 Å². The van der Waals surface area contributed by atoms with Gasteiger partial charge in [0.2, 0.25) is 0 Å². The molecule has 0 spiro atoms. The maximum Gasteiger partial charge on any atom is 0.158 e. The Labute approximate surface area is 117 Å². The van der Waals surface area contributed by atoms with Crippen molar-refractivity contribution in [3.63, 3.8) is 0 Å². The average Bonchev–Trinajstić information content (AvgIpc) is 2.97. The number of rotatable bonds is 2. The Morgan fingerprint density at radius 2 is 2.05 bits per heavy atom. The minimum Gasteiger partial charge on any atom is -0.398 e. The zero-order chi connectivity index (χ0) is 13.9. The summed E-state index contributed by atoms with van der Waals surface area (Å²) in [5.41, 5.74) is 9.98. The number of nitrogens with zero attached hydrogens (tertiary/aromatic N) is 2. The third kappa shape index (κ3) is 2.21. The molecule has 0 aliphatic carbocycles. The van der Waals surface area contributed by atoms with E-state index in [4.69, 9.17) is 15.8 Å². The van der Waals surface area contributed by atoms with Crippen LogP contribution < -0.4 is 5.73 Å².